The Labute approximate surface area is 104 Å². The van der Waals surface area contributed by atoms with Gasteiger partial charge in [-0.15, -0.1) is 0 Å². The van der Waals surface area contributed by atoms with Gasteiger partial charge >= 0.3 is 5.97 Å². The van der Waals surface area contributed by atoms with Crippen LogP contribution in [0.15, 0.2) is 0 Å². The second-order valence-electron chi connectivity index (χ2n) is 4.95. The van der Waals surface area contributed by atoms with Crippen LogP contribution >= 0.6 is 0 Å². The Balaban J connectivity index is 2.83. The number of nitrogens with two attached hydrogens (primary N) is 1. The fourth-order valence-corrected chi connectivity index (χ4v) is 2.77. The molecule has 0 spiro atoms. The molecule has 0 aromatic rings. The molecular formula is C13H26N2O2. The molecule has 0 radical (unpaired) electrons. The lowest BCUT2D eigenvalue weighted by atomic mass is 9.81. The average Bonchev–Trinajstić information content (AvgIpc) is 2.84. The van der Waals surface area contributed by atoms with Gasteiger partial charge in [-0.2, -0.15) is 0 Å². The summed E-state index contributed by atoms with van der Waals surface area (Å²) in [5.41, 5.74) is 5.65. The molecular weight excluding hydrogens is 216 g/mol. The van der Waals surface area contributed by atoms with Crippen LogP contribution in [-0.2, 0) is 9.53 Å². The number of hydrogen-bond acceptors (Lipinski definition) is 4. The van der Waals surface area contributed by atoms with E-state index in [4.69, 9.17) is 10.5 Å². The fourth-order valence-electron chi connectivity index (χ4n) is 2.77. The van der Waals surface area contributed by atoms with Crippen LogP contribution in [0.2, 0.25) is 0 Å². The Morgan fingerprint density at radius 1 is 1.41 bits per heavy atom. The first kappa shape index (κ1) is 14.5. The number of carbonyl (C=O) groups is 1. The van der Waals surface area contributed by atoms with Gasteiger partial charge < -0.3 is 10.5 Å². The first-order valence-corrected chi connectivity index (χ1v) is 6.71. The fraction of sp³-hybridized carbons (Fsp3) is 0.923. The number of hydrogen-bond donors (Lipinski definition) is 1. The van der Waals surface area contributed by atoms with Crippen LogP contribution in [0.25, 0.3) is 0 Å². The highest BCUT2D eigenvalue weighted by Gasteiger charge is 2.43. The summed E-state index contributed by atoms with van der Waals surface area (Å²) >= 11 is 0. The topological polar surface area (TPSA) is 55.6 Å². The third-order valence-corrected chi connectivity index (χ3v) is 4.10. The van der Waals surface area contributed by atoms with Gasteiger partial charge in [0.2, 0.25) is 0 Å². The van der Waals surface area contributed by atoms with Crippen molar-refractivity contribution in [2.24, 2.45) is 11.7 Å². The van der Waals surface area contributed by atoms with Crippen molar-refractivity contribution in [3.63, 3.8) is 0 Å². The lowest BCUT2D eigenvalue weighted by molar-refractivity contribution is -0.153. The molecule has 0 unspecified atom stereocenters. The predicted octanol–water partition coefficient (Wildman–Crippen LogP) is 1.39. The Morgan fingerprint density at radius 3 is 2.41 bits per heavy atom. The lowest BCUT2D eigenvalue weighted by Crippen LogP contribution is -2.55. The van der Waals surface area contributed by atoms with Crippen LogP contribution in [-0.4, -0.2) is 42.6 Å². The zero-order valence-electron chi connectivity index (χ0n) is 11.4. The SMILES string of the molecule is CCOC(=O)[C@@H](CN)[C@](C)(CC)N1CCCC1. The molecule has 0 saturated carbocycles. The molecule has 0 bridgehead atoms. The minimum Gasteiger partial charge on any atom is -0.466 e. The van der Waals surface area contributed by atoms with Crippen LogP contribution in [0.5, 0.6) is 0 Å². The van der Waals surface area contributed by atoms with Crippen molar-refractivity contribution in [1.29, 1.82) is 0 Å². The monoisotopic (exact) mass is 242 g/mol. The standard InChI is InChI=1S/C13H26N2O2/c1-4-13(3,15-8-6-7-9-15)11(10-14)12(16)17-5-2/h11H,4-10,14H2,1-3H3/t11-,13+/m1/s1. The summed E-state index contributed by atoms with van der Waals surface area (Å²) in [6, 6.07) is 0. The molecule has 1 saturated heterocycles. The number of rotatable bonds is 6. The summed E-state index contributed by atoms with van der Waals surface area (Å²) in [7, 11) is 0. The van der Waals surface area contributed by atoms with Crippen molar-refractivity contribution in [3.8, 4) is 0 Å². The number of ether oxygens (including phenoxy) is 1. The predicted molar refractivity (Wildman–Crippen MR) is 68.7 cm³/mol. The highest BCUT2D eigenvalue weighted by molar-refractivity contribution is 5.74. The van der Waals surface area contributed by atoms with E-state index >= 15 is 0 Å². The molecule has 0 aromatic heterocycles. The molecule has 1 aliphatic heterocycles. The molecule has 1 fully saturated rings. The molecule has 0 aromatic carbocycles. The molecule has 100 valence electrons. The second-order valence-corrected chi connectivity index (χ2v) is 4.95. The van der Waals surface area contributed by atoms with E-state index in [0.29, 0.717) is 13.2 Å². The molecule has 0 amide bonds. The van der Waals surface area contributed by atoms with Gasteiger partial charge in [0.05, 0.1) is 12.5 Å². The van der Waals surface area contributed by atoms with Crippen molar-refractivity contribution < 1.29 is 9.53 Å². The number of likely N-dealkylation sites (tertiary alicyclic amines) is 1. The molecule has 2 N–H and O–H groups in total. The van der Waals surface area contributed by atoms with E-state index in [1.165, 1.54) is 12.8 Å². The zero-order valence-corrected chi connectivity index (χ0v) is 11.4. The van der Waals surface area contributed by atoms with Gasteiger partial charge in [0.1, 0.15) is 0 Å². The molecule has 1 aliphatic rings. The maximum atomic E-state index is 12.0. The number of carbonyl (C=O) groups excluding carboxylic acids is 1. The number of nitrogens with zero attached hydrogens (tertiary/aromatic N) is 1. The minimum atomic E-state index is -0.217. The zero-order chi connectivity index (χ0) is 12.9. The van der Waals surface area contributed by atoms with Gasteiger partial charge in [0, 0.05) is 12.1 Å². The molecule has 2 atom stereocenters. The summed E-state index contributed by atoms with van der Waals surface area (Å²) in [5, 5.41) is 0. The van der Waals surface area contributed by atoms with Gasteiger partial charge in [-0.1, -0.05) is 6.92 Å². The van der Waals surface area contributed by atoms with Crippen LogP contribution in [0, 0.1) is 5.92 Å². The quantitative estimate of drug-likeness (QED) is 0.715. The van der Waals surface area contributed by atoms with Gasteiger partial charge in [-0.05, 0) is 46.2 Å². The molecule has 1 heterocycles. The van der Waals surface area contributed by atoms with Crippen molar-refractivity contribution in [1.82, 2.24) is 4.90 Å². The van der Waals surface area contributed by atoms with Gasteiger partial charge in [-0.25, -0.2) is 0 Å². The summed E-state index contributed by atoms with van der Waals surface area (Å²) in [6.45, 7) is 9.03. The molecule has 4 heteroatoms. The summed E-state index contributed by atoms with van der Waals surface area (Å²) in [6.07, 6.45) is 3.36. The smallest absolute Gasteiger partial charge is 0.312 e. The first-order valence-electron chi connectivity index (χ1n) is 6.71. The maximum absolute atomic E-state index is 12.0. The van der Waals surface area contributed by atoms with E-state index in [9.17, 15) is 4.79 Å². The highest BCUT2D eigenvalue weighted by atomic mass is 16.5. The first-order chi connectivity index (χ1) is 8.10. The highest BCUT2D eigenvalue weighted by Crippen LogP contribution is 2.32. The van der Waals surface area contributed by atoms with Crippen LogP contribution in [0.4, 0.5) is 0 Å². The van der Waals surface area contributed by atoms with Gasteiger partial charge in [0.15, 0.2) is 0 Å². The Bertz CT molecular complexity index is 252. The van der Waals surface area contributed by atoms with E-state index in [1.807, 2.05) is 6.92 Å². The van der Waals surface area contributed by atoms with E-state index in [2.05, 4.69) is 18.7 Å². The summed E-state index contributed by atoms with van der Waals surface area (Å²) < 4.78 is 5.16. The molecule has 0 aliphatic carbocycles. The van der Waals surface area contributed by atoms with Gasteiger partial charge in [0.25, 0.3) is 0 Å². The lowest BCUT2D eigenvalue weighted by Gasteiger charge is -2.42. The Kier molecular flexibility index (Phi) is 5.40. The van der Waals surface area contributed by atoms with Crippen molar-refractivity contribution >= 4 is 5.97 Å². The van der Waals surface area contributed by atoms with Gasteiger partial charge in [-0.3, -0.25) is 9.69 Å². The van der Waals surface area contributed by atoms with Crippen molar-refractivity contribution in [3.05, 3.63) is 0 Å². The molecule has 17 heavy (non-hydrogen) atoms. The van der Waals surface area contributed by atoms with Crippen molar-refractivity contribution in [2.45, 2.75) is 45.6 Å². The van der Waals surface area contributed by atoms with E-state index in [-0.39, 0.29) is 17.4 Å². The normalized spacial score (nSPS) is 22.1. The van der Waals surface area contributed by atoms with E-state index < -0.39 is 0 Å². The van der Waals surface area contributed by atoms with Crippen LogP contribution in [0.1, 0.15) is 40.0 Å². The Hall–Kier alpha value is -0.610. The van der Waals surface area contributed by atoms with E-state index in [1.54, 1.807) is 0 Å². The average molecular weight is 242 g/mol. The molecule has 1 rings (SSSR count). The second kappa shape index (κ2) is 6.36. The van der Waals surface area contributed by atoms with Crippen molar-refractivity contribution in [2.75, 3.05) is 26.2 Å². The summed E-state index contributed by atoms with van der Waals surface area (Å²) in [5.74, 6) is -0.364. The van der Waals surface area contributed by atoms with Crippen LogP contribution < -0.4 is 5.73 Å². The largest absolute Gasteiger partial charge is 0.466 e. The third-order valence-electron chi connectivity index (χ3n) is 4.10. The third kappa shape index (κ3) is 2.99. The minimum absolute atomic E-state index is 0.147. The Morgan fingerprint density at radius 2 is 2.00 bits per heavy atom. The van der Waals surface area contributed by atoms with E-state index in [0.717, 1.165) is 19.5 Å². The molecule has 4 nitrogen and oxygen atoms in total. The van der Waals surface area contributed by atoms with Crippen LogP contribution in [0.3, 0.4) is 0 Å². The maximum Gasteiger partial charge on any atom is 0.312 e. The summed E-state index contributed by atoms with van der Waals surface area (Å²) in [4.78, 5) is 14.4. The number of esters is 1.